The lowest BCUT2D eigenvalue weighted by Crippen LogP contribution is -2.44. The monoisotopic (exact) mass is 499 g/mol. The number of hydrogen-bond acceptors (Lipinski definition) is 5. The highest BCUT2D eigenvalue weighted by atomic mass is 32.2. The fourth-order valence-corrected chi connectivity index (χ4v) is 5.52. The van der Waals surface area contributed by atoms with E-state index in [1.807, 2.05) is 45.0 Å². The van der Waals surface area contributed by atoms with Gasteiger partial charge in [0.05, 0.1) is 0 Å². The number of nitrogens with one attached hydrogen (secondary N) is 1. The van der Waals surface area contributed by atoms with Crippen LogP contribution in [-0.2, 0) is 17.7 Å². The Kier molecular flexibility index (Phi) is 8.38. The number of ether oxygens (including phenoxy) is 1. The van der Waals surface area contributed by atoms with E-state index in [0.717, 1.165) is 21.2 Å². The van der Waals surface area contributed by atoms with Crippen molar-refractivity contribution in [3.8, 4) is 5.75 Å². The minimum absolute atomic E-state index is 0.192. The molecule has 0 saturated heterocycles. The van der Waals surface area contributed by atoms with Crippen LogP contribution in [0.3, 0.4) is 0 Å². The van der Waals surface area contributed by atoms with E-state index in [-0.39, 0.29) is 18.3 Å². The van der Waals surface area contributed by atoms with Crippen molar-refractivity contribution in [2.75, 3.05) is 17.4 Å². The second-order valence-corrected chi connectivity index (χ2v) is 10.1. The zero-order chi connectivity index (χ0) is 24.2. The van der Waals surface area contributed by atoms with Gasteiger partial charge in [0.1, 0.15) is 10.8 Å². The quantitative estimate of drug-likeness (QED) is 0.371. The molecule has 2 unspecified atom stereocenters. The Bertz CT molecular complexity index is 1080. The maximum absolute atomic E-state index is 12.4. The lowest BCUT2D eigenvalue weighted by Gasteiger charge is -2.31. The zero-order valence-corrected chi connectivity index (χ0v) is 20.2. The summed E-state index contributed by atoms with van der Waals surface area (Å²) in [6, 6.07) is 13.2. The second kappa shape index (κ2) is 10.9. The average Bonchev–Trinajstić information content (AvgIpc) is 3.06. The summed E-state index contributed by atoms with van der Waals surface area (Å²) in [4.78, 5) is 0. The van der Waals surface area contributed by atoms with Crippen LogP contribution in [0.25, 0.3) is 10.1 Å². The first-order valence-electron chi connectivity index (χ1n) is 10.5. The highest BCUT2D eigenvalue weighted by Crippen LogP contribution is 2.38. The van der Waals surface area contributed by atoms with E-state index >= 15 is 0 Å². The van der Waals surface area contributed by atoms with Crippen LogP contribution in [0, 0.1) is 12.8 Å². The molecular weight excluding hydrogens is 473 g/mol. The smallest absolute Gasteiger partial charge is 0.573 e. The number of nitrogens with zero attached hydrogens (tertiary/aromatic N) is 1. The molecule has 0 radical (unpaired) electrons. The first kappa shape index (κ1) is 25.5. The lowest BCUT2D eigenvalue weighted by atomic mass is 10.0. The molecule has 1 heterocycles. The summed E-state index contributed by atoms with van der Waals surface area (Å²) >= 11 is -1.07. The van der Waals surface area contributed by atoms with E-state index in [1.54, 1.807) is 12.1 Å². The highest BCUT2D eigenvalue weighted by Gasteiger charge is 2.31. The van der Waals surface area contributed by atoms with Gasteiger partial charge in [0.25, 0.3) is 0 Å². The number of aryl methyl sites for hydroxylation is 1. The Balaban J connectivity index is 1.82. The summed E-state index contributed by atoms with van der Waals surface area (Å²) in [5.74, 6) is 0.0495. The zero-order valence-electron chi connectivity index (χ0n) is 18.5. The molecule has 2 aromatic carbocycles. The predicted molar refractivity (Wildman–Crippen MR) is 126 cm³/mol. The number of alkyl halides is 3. The van der Waals surface area contributed by atoms with Crippen molar-refractivity contribution in [1.82, 2.24) is 5.32 Å². The Hall–Kier alpha value is -2.14. The maximum atomic E-state index is 12.4. The molecule has 33 heavy (non-hydrogen) atoms. The molecule has 0 bridgehead atoms. The van der Waals surface area contributed by atoms with Crippen LogP contribution in [0.2, 0.25) is 0 Å². The molecule has 3 aromatic rings. The average molecular weight is 500 g/mol. The van der Waals surface area contributed by atoms with Crippen LogP contribution < -0.4 is 14.4 Å². The van der Waals surface area contributed by atoms with Crippen LogP contribution in [0.4, 0.5) is 18.2 Å². The molecule has 0 amide bonds. The van der Waals surface area contributed by atoms with Crippen LogP contribution in [0.15, 0.2) is 48.5 Å². The normalized spacial score (nSPS) is 13.9. The molecule has 10 heteroatoms. The van der Waals surface area contributed by atoms with E-state index in [4.69, 9.17) is 0 Å². The molecule has 1 N–H and O–H groups in total. The number of fused-ring (bicyclic) bond motifs is 1. The minimum Gasteiger partial charge on any atom is -0.755 e. The first-order valence-corrected chi connectivity index (χ1v) is 12.3. The van der Waals surface area contributed by atoms with E-state index < -0.39 is 17.6 Å². The van der Waals surface area contributed by atoms with Crippen LogP contribution >= 0.6 is 11.3 Å². The molecule has 3 rings (SSSR count). The van der Waals surface area contributed by atoms with Gasteiger partial charge in [-0.15, -0.1) is 24.5 Å². The van der Waals surface area contributed by atoms with Crippen LogP contribution in [0.1, 0.15) is 25.0 Å². The topological polar surface area (TPSA) is 64.6 Å². The fraction of sp³-hybridized carbons (Fsp3) is 0.391. The van der Waals surface area contributed by atoms with Crippen molar-refractivity contribution < 1.29 is 26.7 Å². The fourth-order valence-electron chi connectivity index (χ4n) is 3.53. The van der Waals surface area contributed by atoms with Gasteiger partial charge in [-0.3, -0.25) is 8.51 Å². The number of anilines is 1. The van der Waals surface area contributed by atoms with Crippen molar-refractivity contribution in [3.05, 3.63) is 59.7 Å². The minimum atomic E-state index is -4.75. The summed E-state index contributed by atoms with van der Waals surface area (Å²) in [5.41, 5.74) is 1.67. The van der Waals surface area contributed by atoms with Crippen molar-refractivity contribution >= 4 is 37.7 Å². The van der Waals surface area contributed by atoms with Gasteiger partial charge >= 0.3 is 6.36 Å². The number of benzene rings is 2. The Morgan fingerprint density at radius 3 is 2.39 bits per heavy atom. The molecule has 1 aromatic heterocycles. The molecule has 0 aliphatic carbocycles. The summed E-state index contributed by atoms with van der Waals surface area (Å²) in [5, 5.41) is 5.08. The van der Waals surface area contributed by atoms with Gasteiger partial charge in [-0.05, 0) is 60.5 Å². The Morgan fingerprint density at radius 2 is 1.82 bits per heavy atom. The van der Waals surface area contributed by atoms with E-state index in [1.165, 1.54) is 27.8 Å². The van der Waals surface area contributed by atoms with E-state index in [0.29, 0.717) is 23.9 Å². The van der Waals surface area contributed by atoms with Crippen molar-refractivity contribution in [1.29, 1.82) is 0 Å². The summed E-state index contributed by atoms with van der Waals surface area (Å²) < 4.78 is 68.0. The van der Waals surface area contributed by atoms with Gasteiger partial charge in [0.15, 0.2) is 0 Å². The number of rotatable bonds is 10. The van der Waals surface area contributed by atoms with Crippen LogP contribution in [0.5, 0.6) is 5.75 Å². The number of hydrogen-bond donors (Lipinski definition) is 1. The summed E-state index contributed by atoms with van der Waals surface area (Å²) in [6.07, 6.45) is -4.31. The summed E-state index contributed by atoms with van der Waals surface area (Å²) in [6.45, 7) is 6.87. The molecule has 2 atom stereocenters. The first-order chi connectivity index (χ1) is 15.5. The van der Waals surface area contributed by atoms with Crippen LogP contribution in [-0.4, -0.2) is 34.3 Å². The van der Waals surface area contributed by atoms with Gasteiger partial charge in [-0.2, -0.15) is 0 Å². The van der Waals surface area contributed by atoms with E-state index in [9.17, 15) is 21.9 Å². The van der Waals surface area contributed by atoms with E-state index in [2.05, 4.69) is 10.1 Å². The standard InChI is InChI=1S/C23H27F3N2O3S2/c1-15(2)13-27-18(12-17-8-10-19(11-9-17)31-23(24,25)26)14-28(33(29)30)22-16(3)20-6-4-5-7-21(20)32-22/h4-11,15,18,27H,12-14H2,1-3H3,(H,29,30)/p-1. The molecule has 0 fully saturated rings. The Morgan fingerprint density at radius 1 is 1.15 bits per heavy atom. The highest BCUT2D eigenvalue weighted by molar-refractivity contribution is 7.81. The molecule has 0 spiro atoms. The second-order valence-electron chi connectivity index (χ2n) is 8.20. The third-order valence-corrected chi connectivity index (χ3v) is 7.17. The van der Waals surface area contributed by atoms with Crippen molar-refractivity contribution in [2.45, 2.75) is 39.6 Å². The van der Waals surface area contributed by atoms with Gasteiger partial charge in [0.2, 0.25) is 0 Å². The molecule has 0 aliphatic heterocycles. The lowest BCUT2D eigenvalue weighted by molar-refractivity contribution is -0.274. The third-order valence-electron chi connectivity index (χ3n) is 5.06. The third kappa shape index (κ3) is 7.17. The largest absolute Gasteiger partial charge is 0.755 e. The van der Waals surface area contributed by atoms with Gasteiger partial charge in [-0.25, -0.2) is 0 Å². The maximum Gasteiger partial charge on any atom is 0.573 e. The molecule has 0 saturated carbocycles. The van der Waals surface area contributed by atoms with Gasteiger partial charge < -0.3 is 14.6 Å². The molecule has 0 aliphatic rings. The van der Waals surface area contributed by atoms with Crippen molar-refractivity contribution in [3.63, 3.8) is 0 Å². The summed E-state index contributed by atoms with van der Waals surface area (Å²) in [7, 11) is 0. The predicted octanol–water partition coefficient (Wildman–Crippen LogP) is 5.57. The molecule has 180 valence electrons. The van der Waals surface area contributed by atoms with Crippen molar-refractivity contribution in [2.24, 2.45) is 5.92 Å². The number of thiophene rings is 1. The Labute approximate surface area is 198 Å². The molecule has 5 nitrogen and oxygen atoms in total. The SMILES string of the molecule is Cc1c(N(CC(Cc2ccc(OC(F)(F)F)cc2)NCC(C)C)S(=O)[O-])sc2ccccc12. The van der Waals surface area contributed by atoms with Gasteiger partial charge in [0, 0.05) is 28.6 Å². The van der Waals surface area contributed by atoms with Gasteiger partial charge in [-0.1, -0.05) is 44.2 Å². The molecular formula is C23H26F3N2O3S2-. The number of halogens is 3.